The summed E-state index contributed by atoms with van der Waals surface area (Å²) >= 11 is 0. The van der Waals surface area contributed by atoms with Gasteiger partial charge in [-0.25, -0.2) is 0 Å². The Morgan fingerprint density at radius 2 is 1.93 bits per heavy atom. The summed E-state index contributed by atoms with van der Waals surface area (Å²) in [6, 6.07) is 0. The highest BCUT2D eigenvalue weighted by molar-refractivity contribution is 4.97. The van der Waals surface area contributed by atoms with Crippen molar-refractivity contribution in [1.82, 2.24) is 10.2 Å². The van der Waals surface area contributed by atoms with E-state index >= 15 is 0 Å². The van der Waals surface area contributed by atoms with Crippen molar-refractivity contribution in [3.8, 4) is 0 Å². The standard InChI is InChI=1S/C13H26N2/c1-3-8-15-10-13(11-15)6-4-12(5-7-13)9-14-2/h12,14H,3-11H2,1-2H3. The van der Waals surface area contributed by atoms with Gasteiger partial charge in [0.05, 0.1) is 0 Å². The zero-order valence-corrected chi connectivity index (χ0v) is 10.4. The molecule has 0 unspecified atom stereocenters. The molecule has 1 spiro atoms. The van der Waals surface area contributed by atoms with Crippen LogP contribution in [0.1, 0.15) is 39.0 Å². The predicted octanol–water partition coefficient (Wildman–Crippen LogP) is 2.11. The minimum atomic E-state index is 0.749. The van der Waals surface area contributed by atoms with Gasteiger partial charge in [0.25, 0.3) is 0 Å². The van der Waals surface area contributed by atoms with Crippen molar-refractivity contribution >= 4 is 0 Å². The molecular formula is C13H26N2. The Kier molecular flexibility index (Phi) is 3.68. The molecule has 1 N–H and O–H groups in total. The third-order valence-electron chi connectivity index (χ3n) is 4.32. The molecule has 2 fully saturated rings. The Balaban J connectivity index is 1.70. The van der Waals surface area contributed by atoms with Gasteiger partial charge < -0.3 is 10.2 Å². The molecule has 0 aromatic carbocycles. The van der Waals surface area contributed by atoms with Crippen LogP contribution in [0.15, 0.2) is 0 Å². The van der Waals surface area contributed by atoms with E-state index in [2.05, 4.69) is 24.2 Å². The molecule has 88 valence electrons. The normalized spacial score (nSPS) is 26.8. The van der Waals surface area contributed by atoms with Gasteiger partial charge >= 0.3 is 0 Å². The molecule has 2 nitrogen and oxygen atoms in total. The summed E-state index contributed by atoms with van der Waals surface area (Å²) in [7, 11) is 2.08. The molecule has 0 amide bonds. The molecule has 1 aliphatic heterocycles. The Hall–Kier alpha value is -0.0800. The van der Waals surface area contributed by atoms with Gasteiger partial charge in [0.15, 0.2) is 0 Å². The fourth-order valence-corrected chi connectivity index (χ4v) is 3.48. The molecule has 1 saturated heterocycles. The average molecular weight is 210 g/mol. The van der Waals surface area contributed by atoms with Crippen LogP contribution in [0.4, 0.5) is 0 Å². The Labute approximate surface area is 94.4 Å². The maximum absolute atomic E-state index is 3.32. The number of nitrogens with zero attached hydrogens (tertiary/aromatic N) is 1. The lowest BCUT2D eigenvalue weighted by atomic mass is 9.66. The van der Waals surface area contributed by atoms with Crippen molar-refractivity contribution in [2.45, 2.75) is 39.0 Å². The van der Waals surface area contributed by atoms with Crippen LogP contribution in [0, 0.1) is 11.3 Å². The second-order valence-electron chi connectivity index (χ2n) is 5.71. The van der Waals surface area contributed by atoms with E-state index in [4.69, 9.17) is 0 Å². The third kappa shape index (κ3) is 2.54. The first-order valence-electron chi connectivity index (χ1n) is 6.65. The molecule has 2 aliphatic rings. The van der Waals surface area contributed by atoms with Gasteiger partial charge in [-0.15, -0.1) is 0 Å². The number of likely N-dealkylation sites (tertiary alicyclic amines) is 1. The largest absolute Gasteiger partial charge is 0.319 e. The summed E-state index contributed by atoms with van der Waals surface area (Å²) in [5, 5.41) is 3.32. The summed E-state index contributed by atoms with van der Waals surface area (Å²) in [4.78, 5) is 2.64. The van der Waals surface area contributed by atoms with Crippen LogP contribution in [0.2, 0.25) is 0 Å². The molecule has 1 saturated carbocycles. The predicted molar refractivity (Wildman–Crippen MR) is 65.0 cm³/mol. The SMILES string of the molecule is CCCN1CC2(CCC(CNC)CC2)C1. The van der Waals surface area contributed by atoms with Crippen LogP contribution in [0.3, 0.4) is 0 Å². The van der Waals surface area contributed by atoms with E-state index in [0.717, 1.165) is 11.3 Å². The van der Waals surface area contributed by atoms with E-state index in [1.807, 2.05) is 0 Å². The zero-order chi connectivity index (χ0) is 10.7. The van der Waals surface area contributed by atoms with Crippen molar-refractivity contribution in [3.05, 3.63) is 0 Å². The Bertz CT molecular complexity index is 187. The van der Waals surface area contributed by atoms with Gasteiger partial charge in [0.2, 0.25) is 0 Å². The number of hydrogen-bond acceptors (Lipinski definition) is 2. The quantitative estimate of drug-likeness (QED) is 0.764. The summed E-state index contributed by atoms with van der Waals surface area (Å²) in [6.45, 7) is 7.63. The van der Waals surface area contributed by atoms with Gasteiger partial charge in [-0.1, -0.05) is 6.92 Å². The Morgan fingerprint density at radius 1 is 1.27 bits per heavy atom. The summed E-state index contributed by atoms with van der Waals surface area (Å²) in [5.74, 6) is 0.959. The Morgan fingerprint density at radius 3 is 2.47 bits per heavy atom. The highest BCUT2D eigenvalue weighted by Crippen LogP contribution is 2.45. The van der Waals surface area contributed by atoms with Crippen LogP contribution in [0.25, 0.3) is 0 Å². The zero-order valence-electron chi connectivity index (χ0n) is 10.4. The molecule has 1 aliphatic carbocycles. The van der Waals surface area contributed by atoms with Gasteiger partial charge in [-0.3, -0.25) is 0 Å². The molecule has 0 aromatic rings. The first-order valence-corrected chi connectivity index (χ1v) is 6.65. The second-order valence-corrected chi connectivity index (χ2v) is 5.71. The maximum Gasteiger partial charge on any atom is 0.00505 e. The van der Waals surface area contributed by atoms with Crippen molar-refractivity contribution in [2.24, 2.45) is 11.3 Å². The minimum absolute atomic E-state index is 0.749. The van der Waals surface area contributed by atoms with E-state index in [1.165, 1.54) is 58.3 Å². The van der Waals surface area contributed by atoms with Crippen molar-refractivity contribution in [1.29, 1.82) is 0 Å². The lowest BCUT2D eigenvalue weighted by Crippen LogP contribution is -2.57. The van der Waals surface area contributed by atoms with E-state index in [-0.39, 0.29) is 0 Å². The fraction of sp³-hybridized carbons (Fsp3) is 1.00. The number of hydrogen-bond donors (Lipinski definition) is 1. The lowest BCUT2D eigenvalue weighted by molar-refractivity contribution is -0.0372. The highest BCUT2D eigenvalue weighted by atomic mass is 15.2. The number of rotatable bonds is 4. The first-order chi connectivity index (χ1) is 7.28. The van der Waals surface area contributed by atoms with Crippen LogP contribution < -0.4 is 5.32 Å². The molecule has 0 aromatic heterocycles. The lowest BCUT2D eigenvalue weighted by Gasteiger charge is -2.53. The van der Waals surface area contributed by atoms with Crippen LogP contribution in [0.5, 0.6) is 0 Å². The van der Waals surface area contributed by atoms with Crippen molar-refractivity contribution < 1.29 is 0 Å². The van der Waals surface area contributed by atoms with E-state index in [1.54, 1.807) is 0 Å². The monoisotopic (exact) mass is 210 g/mol. The van der Waals surface area contributed by atoms with Crippen molar-refractivity contribution in [2.75, 3.05) is 33.2 Å². The first kappa shape index (κ1) is 11.4. The highest BCUT2D eigenvalue weighted by Gasteiger charge is 2.44. The maximum atomic E-state index is 3.32. The van der Waals surface area contributed by atoms with E-state index in [0.29, 0.717) is 0 Å². The molecule has 0 bridgehead atoms. The topological polar surface area (TPSA) is 15.3 Å². The molecule has 2 rings (SSSR count). The molecular weight excluding hydrogens is 184 g/mol. The van der Waals surface area contributed by atoms with Crippen LogP contribution in [-0.4, -0.2) is 38.1 Å². The molecule has 15 heavy (non-hydrogen) atoms. The van der Waals surface area contributed by atoms with Gasteiger partial charge in [-0.05, 0) is 63.6 Å². The third-order valence-corrected chi connectivity index (χ3v) is 4.32. The molecule has 1 heterocycles. The number of nitrogens with one attached hydrogen (secondary N) is 1. The molecule has 0 atom stereocenters. The van der Waals surface area contributed by atoms with Crippen molar-refractivity contribution in [3.63, 3.8) is 0 Å². The second kappa shape index (κ2) is 4.84. The van der Waals surface area contributed by atoms with Gasteiger partial charge in [0, 0.05) is 13.1 Å². The average Bonchev–Trinajstić information content (AvgIpc) is 2.19. The van der Waals surface area contributed by atoms with E-state index < -0.39 is 0 Å². The van der Waals surface area contributed by atoms with Gasteiger partial charge in [-0.2, -0.15) is 0 Å². The smallest absolute Gasteiger partial charge is 0.00505 e. The fourth-order valence-electron chi connectivity index (χ4n) is 3.48. The summed E-state index contributed by atoms with van der Waals surface area (Å²) in [5.41, 5.74) is 0.749. The molecule has 2 heteroatoms. The summed E-state index contributed by atoms with van der Waals surface area (Å²) < 4.78 is 0. The minimum Gasteiger partial charge on any atom is -0.319 e. The molecule has 0 radical (unpaired) electrons. The van der Waals surface area contributed by atoms with Crippen LogP contribution in [-0.2, 0) is 0 Å². The van der Waals surface area contributed by atoms with Crippen LogP contribution >= 0.6 is 0 Å². The van der Waals surface area contributed by atoms with Gasteiger partial charge in [0.1, 0.15) is 0 Å². The van der Waals surface area contributed by atoms with E-state index in [9.17, 15) is 0 Å². The summed E-state index contributed by atoms with van der Waals surface area (Å²) in [6.07, 6.45) is 7.21.